The average Bonchev–Trinajstić information content (AvgIpc) is 2.77. The molecule has 0 saturated carbocycles. The fourth-order valence-electron chi connectivity index (χ4n) is 3.18. The number of aliphatic imine (C=N–C) groups is 2. The summed E-state index contributed by atoms with van der Waals surface area (Å²) < 4.78 is 5.76. The Morgan fingerprint density at radius 2 is 1.90 bits per heavy atom. The van der Waals surface area contributed by atoms with E-state index in [1.54, 1.807) is 18.0 Å². The Morgan fingerprint density at radius 3 is 2.61 bits per heavy atom. The Kier molecular flexibility index (Phi) is 7.22. The molecule has 0 saturated heterocycles. The van der Waals surface area contributed by atoms with Crippen LogP contribution in [0.15, 0.2) is 76.5 Å². The standard InChI is InChI=1S/C24H27N5O2/c1-17-9-7-10-18(2)23(17)28-24(30)29-13-5-6-14-31-20-12-8-11-19(15-20)27-21(25-3)16-22(29)26-4/h5-12,15-16,27H,3,13-14H2,1-2,4H3,(H,28,30)/b6-5-,21-16+,26-22?. The van der Waals surface area contributed by atoms with Gasteiger partial charge in [-0.3, -0.25) is 9.89 Å². The summed E-state index contributed by atoms with van der Waals surface area (Å²) in [4.78, 5) is 23.2. The predicted octanol–water partition coefficient (Wildman–Crippen LogP) is 4.77. The van der Waals surface area contributed by atoms with Gasteiger partial charge in [-0.05, 0) is 49.9 Å². The van der Waals surface area contributed by atoms with Crippen LogP contribution in [0.1, 0.15) is 11.1 Å². The number of amidine groups is 1. The normalized spacial score (nSPS) is 18.2. The number of anilines is 2. The molecule has 2 aromatic carbocycles. The van der Waals surface area contributed by atoms with Crippen molar-refractivity contribution in [2.75, 3.05) is 30.8 Å². The van der Waals surface area contributed by atoms with Gasteiger partial charge in [-0.1, -0.05) is 30.3 Å². The van der Waals surface area contributed by atoms with Crippen LogP contribution in [0.2, 0.25) is 0 Å². The predicted molar refractivity (Wildman–Crippen MR) is 127 cm³/mol. The van der Waals surface area contributed by atoms with Crippen molar-refractivity contribution in [3.63, 3.8) is 0 Å². The molecule has 0 fully saturated rings. The Hall–Kier alpha value is -3.87. The van der Waals surface area contributed by atoms with E-state index >= 15 is 0 Å². The molecule has 2 aromatic rings. The molecule has 0 unspecified atom stereocenters. The third-order valence-corrected chi connectivity index (χ3v) is 4.81. The molecule has 2 N–H and O–H groups in total. The third-order valence-electron chi connectivity index (χ3n) is 4.81. The minimum Gasteiger partial charge on any atom is -0.489 e. The second-order valence-corrected chi connectivity index (χ2v) is 7.01. The van der Waals surface area contributed by atoms with E-state index in [2.05, 4.69) is 27.3 Å². The van der Waals surface area contributed by atoms with Crippen LogP contribution in [-0.4, -0.2) is 43.7 Å². The highest BCUT2D eigenvalue weighted by Crippen LogP contribution is 2.21. The molecule has 0 radical (unpaired) electrons. The van der Waals surface area contributed by atoms with E-state index in [-0.39, 0.29) is 6.03 Å². The summed E-state index contributed by atoms with van der Waals surface area (Å²) in [6, 6.07) is 13.1. The van der Waals surface area contributed by atoms with Gasteiger partial charge in [-0.25, -0.2) is 9.79 Å². The number of ether oxygens (including phenoxy) is 1. The van der Waals surface area contributed by atoms with Crippen molar-refractivity contribution in [1.29, 1.82) is 0 Å². The molecule has 0 aromatic heterocycles. The van der Waals surface area contributed by atoms with Crippen LogP contribution in [0.4, 0.5) is 16.2 Å². The van der Waals surface area contributed by atoms with Crippen molar-refractivity contribution in [1.82, 2.24) is 4.90 Å². The summed E-state index contributed by atoms with van der Waals surface area (Å²) in [5.41, 5.74) is 3.56. The topological polar surface area (TPSA) is 78.3 Å². The Balaban J connectivity index is 1.95. The molecular formula is C24H27N5O2. The van der Waals surface area contributed by atoms with Gasteiger partial charge < -0.3 is 15.4 Å². The largest absolute Gasteiger partial charge is 0.489 e. The number of fused-ring (bicyclic) bond motifs is 2. The first-order valence-corrected chi connectivity index (χ1v) is 9.96. The molecule has 7 heteroatoms. The molecule has 1 aliphatic heterocycles. The van der Waals surface area contributed by atoms with E-state index in [4.69, 9.17) is 4.74 Å². The van der Waals surface area contributed by atoms with E-state index in [9.17, 15) is 4.79 Å². The van der Waals surface area contributed by atoms with Crippen LogP contribution in [-0.2, 0) is 0 Å². The lowest BCUT2D eigenvalue weighted by Gasteiger charge is -2.23. The maximum Gasteiger partial charge on any atom is 0.327 e. The van der Waals surface area contributed by atoms with Gasteiger partial charge in [0.2, 0.25) is 0 Å². The molecular weight excluding hydrogens is 390 g/mol. The lowest BCUT2D eigenvalue weighted by atomic mass is 10.1. The molecule has 1 aliphatic rings. The number of nitrogens with one attached hydrogen (secondary N) is 2. The molecule has 0 aliphatic carbocycles. The van der Waals surface area contributed by atoms with Crippen LogP contribution in [0.3, 0.4) is 0 Å². The van der Waals surface area contributed by atoms with E-state index in [1.165, 1.54) is 0 Å². The van der Waals surface area contributed by atoms with Gasteiger partial charge in [0, 0.05) is 37.1 Å². The summed E-state index contributed by atoms with van der Waals surface area (Å²) >= 11 is 0. The van der Waals surface area contributed by atoms with Gasteiger partial charge in [-0.15, -0.1) is 0 Å². The Labute approximate surface area is 182 Å². The molecule has 7 nitrogen and oxygen atoms in total. The minimum atomic E-state index is -0.293. The average molecular weight is 418 g/mol. The Morgan fingerprint density at radius 1 is 1.16 bits per heavy atom. The van der Waals surface area contributed by atoms with Gasteiger partial charge >= 0.3 is 6.03 Å². The number of hydrogen-bond acceptors (Lipinski definition) is 5. The van der Waals surface area contributed by atoms with E-state index < -0.39 is 0 Å². The maximum atomic E-state index is 13.2. The zero-order chi connectivity index (χ0) is 22.2. The minimum absolute atomic E-state index is 0.293. The van der Waals surface area contributed by atoms with Crippen LogP contribution < -0.4 is 15.4 Å². The lowest BCUT2D eigenvalue weighted by molar-refractivity contribution is 0.236. The number of carbonyl (C=O) groups is 1. The van der Waals surface area contributed by atoms with Crippen molar-refractivity contribution in [2.45, 2.75) is 13.8 Å². The van der Waals surface area contributed by atoms with Gasteiger partial charge in [-0.2, -0.15) is 0 Å². The number of carbonyl (C=O) groups excluding carboxylic acids is 1. The first-order valence-electron chi connectivity index (χ1n) is 9.96. The number of benzene rings is 2. The van der Waals surface area contributed by atoms with Gasteiger partial charge in [0.25, 0.3) is 0 Å². The van der Waals surface area contributed by atoms with Crippen molar-refractivity contribution >= 4 is 30.0 Å². The second-order valence-electron chi connectivity index (χ2n) is 7.01. The zero-order valence-corrected chi connectivity index (χ0v) is 18.1. The van der Waals surface area contributed by atoms with Crippen molar-refractivity contribution < 1.29 is 9.53 Å². The molecule has 0 atom stereocenters. The number of amides is 2. The highest BCUT2D eigenvalue weighted by Gasteiger charge is 2.19. The Bertz CT molecular complexity index is 1040. The smallest absolute Gasteiger partial charge is 0.327 e. The fraction of sp³-hybridized carbons (Fsp3) is 0.208. The molecule has 1 heterocycles. The van der Waals surface area contributed by atoms with Crippen LogP contribution >= 0.6 is 0 Å². The first kappa shape index (κ1) is 21.8. The van der Waals surface area contributed by atoms with Crippen LogP contribution in [0.25, 0.3) is 0 Å². The number of rotatable bonds is 2. The molecule has 31 heavy (non-hydrogen) atoms. The van der Waals surface area contributed by atoms with Crippen LogP contribution in [0, 0.1) is 13.8 Å². The van der Waals surface area contributed by atoms with Gasteiger partial charge in [0.15, 0.2) is 0 Å². The monoisotopic (exact) mass is 417 g/mol. The summed E-state index contributed by atoms with van der Waals surface area (Å²) in [5, 5.41) is 6.21. The summed E-state index contributed by atoms with van der Waals surface area (Å²) in [5.74, 6) is 1.64. The summed E-state index contributed by atoms with van der Waals surface area (Å²) in [7, 11) is 1.64. The van der Waals surface area contributed by atoms with E-state index in [0.717, 1.165) is 28.3 Å². The van der Waals surface area contributed by atoms with Crippen molar-refractivity contribution in [3.05, 3.63) is 77.6 Å². The number of aryl methyl sites for hydroxylation is 2. The van der Waals surface area contributed by atoms with Gasteiger partial charge in [0.1, 0.15) is 24.0 Å². The van der Waals surface area contributed by atoms with Gasteiger partial charge in [0.05, 0.1) is 0 Å². The van der Waals surface area contributed by atoms with E-state index in [1.807, 2.05) is 68.5 Å². The molecule has 2 amide bonds. The van der Waals surface area contributed by atoms with Crippen molar-refractivity contribution in [2.24, 2.45) is 9.98 Å². The molecule has 3 rings (SSSR count). The third kappa shape index (κ3) is 5.60. The molecule has 0 spiro atoms. The number of para-hydroxylation sites is 1. The second kappa shape index (κ2) is 10.2. The number of urea groups is 1. The lowest BCUT2D eigenvalue weighted by Crippen LogP contribution is -2.40. The number of nitrogens with zero attached hydrogens (tertiary/aromatic N) is 3. The quantitative estimate of drug-likeness (QED) is 0.546. The summed E-state index contributed by atoms with van der Waals surface area (Å²) in [6.45, 7) is 8.26. The SMILES string of the molecule is C=N/C1=C\C(=NC)N(C(=O)Nc2c(C)cccc2C)C/C=C\COc2cccc(c2)N1. The molecule has 2 bridgehead atoms. The maximum absolute atomic E-state index is 13.2. The van der Waals surface area contributed by atoms with Crippen LogP contribution in [0.5, 0.6) is 5.75 Å². The summed E-state index contributed by atoms with van der Waals surface area (Å²) in [6.07, 6.45) is 5.44. The van der Waals surface area contributed by atoms with E-state index in [0.29, 0.717) is 24.8 Å². The fourth-order valence-corrected chi connectivity index (χ4v) is 3.18. The number of hydrogen-bond donors (Lipinski definition) is 2. The first-order chi connectivity index (χ1) is 15.0. The molecule has 160 valence electrons. The van der Waals surface area contributed by atoms with Crippen molar-refractivity contribution in [3.8, 4) is 5.75 Å². The highest BCUT2D eigenvalue weighted by atomic mass is 16.5. The zero-order valence-electron chi connectivity index (χ0n) is 18.1. The highest BCUT2D eigenvalue weighted by molar-refractivity contribution is 6.08.